The SMILES string of the molecule is O=C1NC2(CCCCc3ccccc32)C(=O)N1Cc1cccc(Br)c1. The minimum atomic E-state index is -0.907. The van der Waals surface area contributed by atoms with Crippen LogP contribution in [0.5, 0.6) is 0 Å². The molecule has 0 bridgehead atoms. The summed E-state index contributed by atoms with van der Waals surface area (Å²) in [5.41, 5.74) is 2.15. The Balaban J connectivity index is 1.71. The first kappa shape index (κ1) is 16.3. The van der Waals surface area contributed by atoms with Crippen LogP contribution in [-0.4, -0.2) is 16.8 Å². The van der Waals surface area contributed by atoms with Crippen LogP contribution in [0.25, 0.3) is 0 Å². The summed E-state index contributed by atoms with van der Waals surface area (Å²) < 4.78 is 0.937. The van der Waals surface area contributed by atoms with E-state index in [1.165, 1.54) is 4.90 Å². The van der Waals surface area contributed by atoms with Gasteiger partial charge in [-0.15, -0.1) is 0 Å². The molecule has 1 saturated heterocycles. The van der Waals surface area contributed by atoms with E-state index >= 15 is 0 Å². The minimum absolute atomic E-state index is 0.133. The van der Waals surface area contributed by atoms with Gasteiger partial charge in [0.05, 0.1) is 6.54 Å². The molecule has 1 atom stereocenters. The van der Waals surface area contributed by atoms with Crippen LogP contribution in [-0.2, 0) is 23.3 Å². The highest BCUT2D eigenvalue weighted by Gasteiger charge is 2.53. The summed E-state index contributed by atoms with van der Waals surface area (Å²) in [6, 6.07) is 15.4. The Hall–Kier alpha value is -2.14. The molecule has 0 aromatic heterocycles. The molecule has 128 valence electrons. The highest BCUT2D eigenvalue weighted by atomic mass is 79.9. The Kier molecular flexibility index (Phi) is 4.12. The number of urea groups is 1. The van der Waals surface area contributed by atoms with Crippen molar-refractivity contribution in [3.8, 4) is 0 Å². The lowest BCUT2D eigenvalue weighted by Crippen LogP contribution is -2.44. The molecular weight excluding hydrogens is 380 g/mol. The summed E-state index contributed by atoms with van der Waals surface area (Å²) in [7, 11) is 0. The number of hydrogen-bond donors (Lipinski definition) is 1. The van der Waals surface area contributed by atoms with Crippen molar-refractivity contribution < 1.29 is 9.59 Å². The molecule has 25 heavy (non-hydrogen) atoms. The third kappa shape index (κ3) is 2.76. The highest BCUT2D eigenvalue weighted by molar-refractivity contribution is 9.10. The maximum Gasteiger partial charge on any atom is 0.325 e. The maximum absolute atomic E-state index is 13.3. The third-order valence-corrected chi connectivity index (χ3v) is 5.62. The van der Waals surface area contributed by atoms with Gasteiger partial charge < -0.3 is 5.32 Å². The summed E-state index contributed by atoms with van der Waals surface area (Å²) in [5, 5.41) is 3.03. The summed E-state index contributed by atoms with van der Waals surface area (Å²) in [5.74, 6) is -0.133. The number of carbonyl (C=O) groups excluding carboxylic acids is 2. The molecule has 0 saturated carbocycles. The molecule has 4 nitrogen and oxygen atoms in total. The molecule has 0 radical (unpaired) electrons. The molecule has 1 aliphatic carbocycles. The zero-order chi connectivity index (χ0) is 17.4. The van der Waals surface area contributed by atoms with E-state index < -0.39 is 5.54 Å². The van der Waals surface area contributed by atoms with Crippen molar-refractivity contribution >= 4 is 27.9 Å². The van der Waals surface area contributed by atoms with Crippen molar-refractivity contribution in [3.63, 3.8) is 0 Å². The van der Waals surface area contributed by atoms with Gasteiger partial charge in [-0.3, -0.25) is 9.69 Å². The molecule has 2 aliphatic rings. The number of fused-ring (bicyclic) bond motifs is 2. The summed E-state index contributed by atoms with van der Waals surface area (Å²) in [4.78, 5) is 27.3. The molecule has 5 heteroatoms. The third-order valence-electron chi connectivity index (χ3n) is 5.13. The molecule has 1 spiro atoms. The molecule has 2 aromatic carbocycles. The lowest BCUT2D eigenvalue weighted by Gasteiger charge is -2.27. The Labute approximate surface area is 155 Å². The number of nitrogens with zero attached hydrogens (tertiary/aromatic N) is 1. The molecule has 1 unspecified atom stereocenters. The maximum atomic E-state index is 13.3. The van der Waals surface area contributed by atoms with E-state index in [2.05, 4.69) is 27.3 Å². The van der Waals surface area contributed by atoms with Gasteiger partial charge in [-0.1, -0.05) is 52.3 Å². The molecule has 1 aliphatic heterocycles. The molecule has 4 rings (SSSR count). The molecule has 2 aromatic rings. The lowest BCUT2D eigenvalue weighted by atomic mass is 9.84. The molecule has 1 fully saturated rings. The number of aryl methyl sites for hydroxylation is 1. The van der Waals surface area contributed by atoms with Gasteiger partial charge in [0.25, 0.3) is 5.91 Å². The average Bonchev–Trinajstić information content (AvgIpc) is 2.75. The van der Waals surface area contributed by atoms with Crippen LogP contribution < -0.4 is 5.32 Å². The van der Waals surface area contributed by atoms with Crippen LogP contribution in [0, 0.1) is 0 Å². The number of imide groups is 1. The largest absolute Gasteiger partial charge is 0.325 e. The summed E-state index contributed by atoms with van der Waals surface area (Å²) in [6.45, 7) is 0.286. The van der Waals surface area contributed by atoms with Crippen LogP contribution in [0.1, 0.15) is 36.0 Å². The van der Waals surface area contributed by atoms with Crippen molar-refractivity contribution in [1.82, 2.24) is 10.2 Å². The van der Waals surface area contributed by atoms with E-state index in [-0.39, 0.29) is 18.5 Å². The predicted molar refractivity (Wildman–Crippen MR) is 98.9 cm³/mol. The van der Waals surface area contributed by atoms with Crippen molar-refractivity contribution in [1.29, 1.82) is 0 Å². The number of halogens is 1. The zero-order valence-corrected chi connectivity index (χ0v) is 15.4. The van der Waals surface area contributed by atoms with Crippen LogP contribution in [0.15, 0.2) is 53.0 Å². The lowest BCUT2D eigenvalue weighted by molar-refractivity contribution is -0.132. The van der Waals surface area contributed by atoms with Gasteiger partial charge in [0.1, 0.15) is 5.54 Å². The number of rotatable bonds is 2. The zero-order valence-electron chi connectivity index (χ0n) is 13.8. The number of benzene rings is 2. The van der Waals surface area contributed by atoms with E-state index in [4.69, 9.17) is 0 Å². The second-order valence-corrected chi connectivity index (χ2v) is 7.64. The van der Waals surface area contributed by atoms with Gasteiger partial charge in [-0.25, -0.2) is 4.79 Å². The first-order valence-corrected chi connectivity index (χ1v) is 9.36. The quantitative estimate of drug-likeness (QED) is 0.773. The normalized spacial score (nSPS) is 22.7. The molecule has 1 N–H and O–H groups in total. The standard InChI is InChI=1S/C20H19BrN2O2/c21-16-9-5-6-14(12-16)13-23-18(24)20(22-19(23)25)11-4-3-8-15-7-1-2-10-17(15)20/h1-2,5-7,9-10,12H,3-4,8,11,13H2,(H,22,25). The first-order valence-electron chi connectivity index (χ1n) is 8.57. The van der Waals surface area contributed by atoms with E-state index in [0.717, 1.165) is 40.4 Å². The fraction of sp³-hybridized carbons (Fsp3) is 0.300. The topological polar surface area (TPSA) is 49.4 Å². The van der Waals surface area contributed by atoms with Gasteiger partial charge in [-0.2, -0.15) is 0 Å². The monoisotopic (exact) mass is 398 g/mol. The smallest absolute Gasteiger partial charge is 0.319 e. The van der Waals surface area contributed by atoms with Crippen molar-refractivity contribution in [2.75, 3.05) is 0 Å². The highest BCUT2D eigenvalue weighted by Crippen LogP contribution is 2.39. The van der Waals surface area contributed by atoms with E-state index in [1.807, 2.05) is 42.5 Å². The van der Waals surface area contributed by atoms with E-state index in [0.29, 0.717) is 6.42 Å². The second-order valence-electron chi connectivity index (χ2n) is 6.72. The Bertz CT molecular complexity index is 851. The van der Waals surface area contributed by atoms with Gasteiger partial charge in [0.2, 0.25) is 0 Å². The molecule has 3 amide bonds. The fourth-order valence-electron chi connectivity index (χ4n) is 3.93. The van der Waals surface area contributed by atoms with Crippen molar-refractivity contribution in [2.45, 2.75) is 37.8 Å². The summed E-state index contributed by atoms with van der Waals surface area (Å²) >= 11 is 3.44. The Morgan fingerprint density at radius 2 is 1.92 bits per heavy atom. The Morgan fingerprint density at radius 1 is 1.08 bits per heavy atom. The minimum Gasteiger partial charge on any atom is -0.319 e. The van der Waals surface area contributed by atoms with Gasteiger partial charge in [0, 0.05) is 4.47 Å². The number of amides is 3. The van der Waals surface area contributed by atoms with Gasteiger partial charge in [0.15, 0.2) is 0 Å². The second kappa shape index (κ2) is 6.30. The van der Waals surface area contributed by atoms with Crippen molar-refractivity contribution in [3.05, 3.63) is 69.7 Å². The fourth-order valence-corrected chi connectivity index (χ4v) is 4.38. The molecule has 1 heterocycles. The molecular formula is C20H19BrN2O2. The first-order chi connectivity index (χ1) is 12.1. The summed E-state index contributed by atoms with van der Waals surface area (Å²) in [6.07, 6.45) is 3.56. The van der Waals surface area contributed by atoms with E-state index in [1.54, 1.807) is 0 Å². The van der Waals surface area contributed by atoms with Crippen LogP contribution in [0.4, 0.5) is 4.79 Å². The van der Waals surface area contributed by atoms with Gasteiger partial charge >= 0.3 is 6.03 Å². The number of carbonyl (C=O) groups is 2. The van der Waals surface area contributed by atoms with Gasteiger partial charge in [-0.05, 0) is 54.5 Å². The van der Waals surface area contributed by atoms with Crippen molar-refractivity contribution in [2.24, 2.45) is 0 Å². The average molecular weight is 399 g/mol. The number of nitrogens with one attached hydrogen (secondary N) is 1. The number of hydrogen-bond acceptors (Lipinski definition) is 2. The van der Waals surface area contributed by atoms with E-state index in [9.17, 15) is 9.59 Å². The van der Waals surface area contributed by atoms with Crippen LogP contribution >= 0.6 is 15.9 Å². The van der Waals surface area contributed by atoms with Crippen LogP contribution in [0.3, 0.4) is 0 Å². The van der Waals surface area contributed by atoms with Crippen LogP contribution in [0.2, 0.25) is 0 Å². The predicted octanol–water partition coefficient (Wildman–Crippen LogP) is 4.12. The Morgan fingerprint density at radius 3 is 2.76 bits per heavy atom.